The SMILES string of the molecule is CCC1CC(CN)(N(C)Cc2nccn2C)CCO1. The Morgan fingerprint density at radius 3 is 3.00 bits per heavy atom. The summed E-state index contributed by atoms with van der Waals surface area (Å²) in [5, 5.41) is 0. The molecule has 19 heavy (non-hydrogen) atoms. The van der Waals surface area contributed by atoms with Crippen LogP contribution in [0.1, 0.15) is 32.0 Å². The maximum Gasteiger partial charge on any atom is 0.122 e. The number of nitrogens with two attached hydrogens (primary N) is 1. The molecule has 1 aliphatic heterocycles. The number of rotatable bonds is 5. The molecule has 2 heterocycles. The fourth-order valence-electron chi connectivity index (χ4n) is 2.88. The lowest BCUT2D eigenvalue weighted by atomic mass is 9.84. The van der Waals surface area contributed by atoms with Crippen LogP contribution in [0.2, 0.25) is 0 Å². The highest BCUT2D eigenvalue weighted by Gasteiger charge is 2.39. The first-order chi connectivity index (χ1) is 9.11. The van der Waals surface area contributed by atoms with Gasteiger partial charge in [-0.25, -0.2) is 4.98 Å². The van der Waals surface area contributed by atoms with Crippen molar-refractivity contribution < 1.29 is 4.74 Å². The number of imidazole rings is 1. The molecule has 0 bridgehead atoms. The highest BCUT2D eigenvalue weighted by atomic mass is 16.5. The van der Waals surface area contributed by atoms with Gasteiger partial charge in [0.15, 0.2) is 0 Å². The molecular formula is C14H26N4O. The number of likely N-dealkylation sites (N-methyl/N-ethyl adjacent to an activating group) is 1. The molecule has 2 unspecified atom stereocenters. The van der Waals surface area contributed by atoms with E-state index in [2.05, 4.69) is 28.4 Å². The lowest BCUT2D eigenvalue weighted by Crippen LogP contribution is -2.56. The smallest absolute Gasteiger partial charge is 0.122 e. The van der Waals surface area contributed by atoms with E-state index in [9.17, 15) is 0 Å². The summed E-state index contributed by atoms with van der Waals surface area (Å²) in [6.45, 7) is 4.49. The molecule has 2 rings (SSSR count). The van der Waals surface area contributed by atoms with Crippen LogP contribution in [0, 0.1) is 0 Å². The minimum atomic E-state index is 0.0465. The first-order valence-corrected chi connectivity index (χ1v) is 7.10. The number of aryl methyl sites for hydroxylation is 1. The van der Waals surface area contributed by atoms with Gasteiger partial charge in [0, 0.05) is 38.1 Å². The molecule has 0 aliphatic carbocycles. The van der Waals surface area contributed by atoms with Crippen molar-refractivity contribution in [1.82, 2.24) is 14.5 Å². The quantitative estimate of drug-likeness (QED) is 0.868. The molecule has 0 amide bonds. The molecule has 1 saturated heterocycles. The largest absolute Gasteiger partial charge is 0.378 e. The monoisotopic (exact) mass is 266 g/mol. The summed E-state index contributed by atoms with van der Waals surface area (Å²) < 4.78 is 7.86. The Balaban J connectivity index is 2.09. The van der Waals surface area contributed by atoms with E-state index in [1.807, 2.05) is 19.4 Å². The Labute approximate surface area is 115 Å². The number of ether oxygens (including phenoxy) is 1. The minimum Gasteiger partial charge on any atom is -0.378 e. The predicted octanol–water partition coefficient (Wildman–Crippen LogP) is 1.14. The summed E-state index contributed by atoms with van der Waals surface area (Å²) in [6.07, 6.45) is 7.23. The second-order valence-corrected chi connectivity index (χ2v) is 5.59. The topological polar surface area (TPSA) is 56.3 Å². The molecule has 108 valence electrons. The van der Waals surface area contributed by atoms with Gasteiger partial charge < -0.3 is 15.0 Å². The Bertz CT molecular complexity index is 406. The van der Waals surface area contributed by atoms with Gasteiger partial charge in [-0.1, -0.05) is 6.92 Å². The molecule has 1 fully saturated rings. The van der Waals surface area contributed by atoms with Crippen molar-refractivity contribution in [3.63, 3.8) is 0 Å². The summed E-state index contributed by atoms with van der Waals surface area (Å²) in [5.41, 5.74) is 6.15. The fourth-order valence-corrected chi connectivity index (χ4v) is 2.88. The number of aromatic nitrogens is 2. The van der Waals surface area contributed by atoms with Gasteiger partial charge >= 0.3 is 0 Å². The Kier molecular flexibility index (Phi) is 4.60. The molecule has 2 N–H and O–H groups in total. The third-order valence-corrected chi connectivity index (χ3v) is 4.47. The van der Waals surface area contributed by atoms with Crippen LogP contribution in [0.3, 0.4) is 0 Å². The van der Waals surface area contributed by atoms with Crippen molar-refractivity contribution in [3.05, 3.63) is 18.2 Å². The van der Waals surface area contributed by atoms with E-state index in [0.717, 1.165) is 38.2 Å². The molecule has 1 aliphatic rings. The van der Waals surface area contributed by atoms with Crippen LogP contribution in [0.4, 0.5) is 0 Å². The van der Waals surface area contributed by atoms with Crippen molar-refractivity contribution in [1.29, 1.82) is 0 Å². The number of nitrogens with zero attached hydrogens (tertiary/aromatic N) is 3. The summed E-state index contributed by atoms with van der Waals surface area (Å²) in [5.74, 6) is 1.08. The van der Waals surface area contributed by atoms with Gasteiger partial charge in [-0.05, 0) is 26.3 Å². The molecular weight excluding hydrogens is 240 g/mol. The van der Waals surface area contributed by atoms with Crippen molar-refractivity contribution in [2.24, 2.45) is 12.8 Å². The second kappa shape index (κ2) is 6.03. The Morgan fingerprint density at radius 2 is 2.42 bits per heavy atom. The molecule has 1 aromatic heterocycles. The van der Waals surface area contributed by atoms with Crippen LogP contribution in [0.15, 0.2) is 12.4 Å². The molecule has 1 aromatic rings. The minimum absolute atomic E-state index is 0.0465. The third-order valence-electron chi connectivity index (χ3n) is 4.47. The molecule has 0 spiro atoms. The van der Waals surface area contributed by atoms with Crippen molar-refractivity contribution in [3.8, 4) is 0 Å². The zero-order valence-corrected chi connectivity index (χ0v) is 12.3. The highest BCUT2D eigenvalue weighted by molar-refractivity contribution is 4.99. The average molecular weight is 266 g/mol. The maximum absolute atomic E-state index is 6.10. The van der Waals surface area contributed by atoms with E-state index in [1.54, 1.807) is 0 Å². The van der Waals surface area contributed by atoms with Gasteiger partial charge in [-0.3, -0.25) is 4.90 Å². The van der Waals surface area contributed by atoms with E-state index in [4.69, 9.17) is 10.5 Å². The van der Waals surface area contributed by atoms with Crippen LogP contribution >= 0.6 is 0 Å². The van der Waals surface area contributed by atoms with Gasteiger partial charge in [-0.2, -0.15) is 0 Å². The first-order valence-electron chi connectivity index (χ1n) is 7.10. The first kappa shape index (κ1) is 14.5. The molecule has 0 radical (unpaired) electrons. The van der Waals surface area contributed by atoms with Gasteiger partial charge in [0.1, 0.15) is 5.82 Å². The van der Waals surface area contributed by atoms with Crippen LogP contribution in [-0.4, -0.2) is 46.3 Å². The third kappa shape index (κ3) is 2.99. The van der Waals surface area contributed by atoms with Crippen LogP contribution < -0.4 is 5.73 Å². The average Bonchev–Trinajstić information content (AvgIpc) is 2.84. The van der Waals surface area contributed by atoms with Gasteiger partial charge in [-0.15, -0.1) is 0 Å². The van der Waals surface area contributed by atoms with Crippen LogP contribution in [0.25, 0.3) is 0 Å². The molecule has 0 aromatic carbocycles. The fraction of sp³-hybridized carbons (Fsp3) is 0.786. The van der Waals surface area contributed by atoms with Crippen molar-refractivity contribution in [2.45, 2.75) is 44.4 Å². The molecule has 5 nitrogen and oxygen atoms in total. The zero-order chi connectivity index (χ0) is 13.9. The lowest BCUT2D eigenvalue weighted by Gasteiger charge is -2.46. The Morgan fingerprint density at radius 1 is 1.63 bits per heavy atom. The highest BCUT2D eigenvalue weighted by Crippen LogP contribution is 2.31. The van der Waals surface area contributed by atoms with E-state index in [0.29, 0.717) is 12.6 Å². The molecule has 0 saturated carbocycles. The number of hydrogen-bond donors (Lipinski definition) is 1. The lowest BCUT2D eigenvalue weighted by molar-refractivity contribution is -0.0678. The summed E-state index contributed by atoms with van der Waals surface area (Å²) in [7, 11) is 4.18. The predicted molar refractivity (Wildman–Crippen MR) is 75.7 cm³/mol. The van der Waals surface area contributed by atoms with Gasteiger partial charge in [0.25, 0.3) is 0 Å². The summed E-state index contributed by atoms with van der Waals surface area (Å²) >= 11 is 0. The summed E-state index contributed by atoms with van der Waals surface area (Å²) in [6, 6.07) is 0. The van der Waals surface area contributed by atoms with E-state index in [1.165, 1.54) is 0 Å². The molecule has 2 atom stereocenters. The number of hydrogen-bond acceptors (Lipinski definition) is 4. The zero-order valence-electron chi connectivity index (χ0n) is 12.3. The molecule has 5 heteroatoms. The van der Waals surface area contributed by atoms with Gasteiger partial charge in [0.05, 0.1) is 12.6 Å². The standard InChI is InChI=1S/C14H26N4O/c1-4-12-9-14(11-15,5-8-19-12)18(3)10-13-16-6-7-17(13)2/h6-7,12H,4-5,8-11,15H2,1-3H3. The Hall–Kier alpha value is -0.910. The second-order valence-electron chi connectivity index (χ2n) is 5.59. The van der Waals surface area contributed by atoms with Crippen molar-refractivity contribution >= 4 is 0 Å². The van der Waals surface area contributed by atoms with Gasteiger partial charge in [0.2, 0.25) is 0 Å². The summed E-state index contributed by atoms with van der Waals surface area (Å²) in [4.78, 5) is 6.77. The van der Waals surface area contributed by atoms with Crippen molar-refractivity contribution in [2.75, 3.05) is 20.2 Å². The van der Waals surface area contributed by atoms with Crippen LogP contribution in [-0.2, 0) is 18.3 Å². The maximum atomic E-state index is 6.10. The van der Waals surface area contributed by atoms with E-state index in [-0.39, 0.29) is 5.54 Å². The van der Waals surface area contributed by atoms with E-state index < -0.39 is 0 Å². The normalized spacial score (nSPS) is 27.9. The van der Waals surface area contributed by atoms with Crippen LogP contribution in [0.5, 0.6) is 0 Å². The van der Waals surface area contributed by atoms with E-state index >= 15 is 0 Å².